The van der Waals surface area contributed by atoms with E-state index < -0.39 is 11.5 Å². The van der Waals surface area contributed by atoms with Gasteiger partial charge in [0.15, 0.2) is 0 Å². The number of hydrogen-bond acceptors (Lipinski definition) is 4. The molecule has 0 bridgehead atoms. The van der Waals surface area contributed by atoms with E-state index in [1.165, 1.54) is 0 Å². The minimum atomic E-state index is -0.427. The third-order valence-corrected chi connectivity index (χ3v) is 4.43. The Balaban J connectivity index is 2.12. The molecule has 6 nitrogen and oxygen atoms in total. The molecule has 1 aliphatic heterocycles. The summed E-state index contributed by atoms with van der Waals surface area (Å²) in [6, 6.07) is -0.544. The highest BCUT2D eigenvalue weighted by Gasteiger charge is 2.50. The summed E-state index contributed by atoms with van der Waals surface area (Å²) >= 11 is 0. The van der Waals surface area contributed by atoms with Gasteiger partial charge in [-0.05, 0) is 26.2 Å². The van der Waals surface area contributed by atoms with Crippen molar-refractivity contribution in [3.05, 3.63) is 0 Å². The fourth-order valence-corrected chi connectivity index (χ4v) is 3.24. The molecule has 1 saturated carbocycles. The Kier molecular flexibility index (Phi) is 4.65. The summed E-state index contributed by atoms with van der Waals surface area (Å²) in [5, 5.41) is 2.79. The van der Waals surface area contributed by atoms with Crippen LogP contribution in [0.15, 0.2) is 0 Å². The molecule has 2 aliphatic rings. The molecular formula is C14H25N3O3. The molecule has 1 heterocycles. The van der Waals surface area contributed by atoms with Crippen LogP contribution in [0.5, 0.6) is 0 Å². The van der Waals surface area contributed by atoms with Crippen molar-refractivity contribution in [2.24, 2.45) is 11.1 Å². The summed E-state index contributed by atoms with van der Waals surface area (Å²) in [5.41, 5.74) is 5.53. The van der Waals surface area contributed by atoms with Crippen LogP contribution in [0.2, 0.25) is 0 Å². The number of likely N-dealkylation sites (tertiary alicyclic amines) is 1. The molecule has 2 amide bonds. The number of likely N-dealkylation sites (N-methyl/N-ethyl adjacent to an activating group) is 1. The molecule has 2 rings (SSSR count). The Morgan fingerprint density at radius 2 is 2.15 bits per heavy atom. The third-order valence-electron chi connectivity index (χ3n) is 4.43. The molecule has 3 N–H and O–H groups in total. The van der Waals surface area contributed by atoms with Crippen LogP contribution in [-0.2, 0) is 14.3 Å². The highest BCUT2D eigenvalue weighted by atomic mass is 16.5. The Hall–Kier alpha value is -1.14. The highest BCUT2D eigenvalue weighted by molar-refractivity contribution is 5.91. The zero-order valence-corrected chi connectivity index (χ0v) is 12.4. The van der Waals surface area contributed by atoms with Crippen molar-refractivity contribution in [3.63, 3.8) is 0 Å². The number of carbonyl (C=O) groups excluding carboxylic acids is 2. The highest BCUT2D eigenvalue weighted by Crippen LogP contribution is 2.43. The molecule has 0 aromatic heterocycles. The third kappa shape index (κ3) is 2.67. The van der Waals surface area contributed by atoms with Gasteiger partial charge in [-0.1, -0.05) is 6.42 Å². The van der Waals surface area contributed by atoms with Crippen LogP contribution in [-0.4, -0.2) is 55.6 Å². The fourth-order valence-electron chi connectivity index (χ4n) is 3.24. The number of hydrogen-bond donors (Lipinski definition) is 2. The average Bonchev–Trinajstić information content (AvgIpc) is 2.75. The maximum Gasteiger partial charge on any atom is 0.242 e. The van der Waals surface area contributed by atoms with Gasteiger partial charge in [0.25, 0.3) is 0 Å². The smallest absolute Gasteiger partial charge is 0.242 e. The Morgan fingerprint density at radius 1 is 1.45 bits per heavy atom. The summed E-state index contributed by atoms with van der Waals surface area (Å²) in [6.45, 7) is 3.33. The molecule has 1 aliphatic carbocycles. The van der Waals surface area contributed by atoms with Gasteiger partial charge in [-0.2, -0.15) is 0 Å². The zero-order valence-electron chi connectivity index (χ0n) is 12.4. The van der Waals surface area contributed by atoms with Gasteiger partial charge in [0.2, 0.25) is 11.8 Å². The lowest BCUT2D eigenvalue weighted by Crippen LogP contribution is -2.55. The molecule has 1 saturated heterocycles. The topological polar surface area (TPSA) is 84.7 Å². The van der Waals surface area contributed by atoms with Crippen LogP contribution < -0.4 is 11.1 Å². The van der Waals surface area contributed by atoms with E-state index >= 15 is 0 Å². The van der Waals surface area contributed by atoms with E-state index in [0.717, 1.165) is 19.3 Å². The number of rotatable bonds is 5. The Bertz CT molecular complexity index is 382. The van der Waals surface area contributed by atoms with Gasteiger partial charge in [0, 0.05) is 26.2 Å². The Morgan fingerprint density at radius 3 is 2.65 bits per heavy atom. The van der Waals surface area contributed by atoms with Crippen molar-refractivity contribution in [1.82, 2.24) is 10.2 Å². The summed E-state index contributed by atoms with van der Waals surface area (Å²) in [5.74, 6) is -0.0597. The van der Waals surface area contributed by atoms with Crippen molar-refractivity contribution in [3.8, 4) is 0 Å². The Labute approximate surface area is 120 Å². The molecule has 20 heavy (non-hydrogen) atoms. The molecular weight excluding hydrogens is 258 g/mol. The predicted octanol–water partition coefficient (Wildman–Crippen LogP) is -0.133. The van der Waals surface area contributed by atoms with Crippen LogP contribution >= 0.6 is 0 Å². The van der Waals surface area contributed by atoms with Gasteiger partial charge in [0.05, 0.1) is 12.0 Å². The summed E-state index contributed by atoms with van der Waals surface area (Å²) in [4.78, 5) is 26.6. The van der Waals surface area contributed by atoms with Crippen LogP contribution in [0, 0.1) is 5.41 Å². The molecule has 2 fully saturated rings. The number of carbonyl (C=O) groups is 2. The van der Waals surface area contributed by atoms with Crippen LogP contribution in [0.1, 0.15) is 32.6 Å². The van der Waals surface area contributed by atoms with E-state index in [1.54, 1.807) is 12.0 Å². The second-order valence-corrected chi connectivity index (χ2v) is 5.93. The largest absolute Gasteiger partial charge is 0.384 e. The minimum Gasteiger partial charge on any atom is -0.384 e. The van der Waals surface area contributed by atoms with Crippen LogP contribution in [0.4, 0.5) is 0 Å². The maximum atomic E-state index is 12.8. The molecule has 0 aromatic rings. The lowest BCUT2D eigenvalue weighted by Gasteiger charge is -2.43. The number of ether oxygens (including phenoxy) is 1. The van der Waals surface area contributed by atoms with E-state index in [9.17, 15) is 9.59 Å². The maximum absolute atomic E-state index is 12.8. The lowest BCUT2D eigenvalue weighted by molar-refractivity contribution is -0.155. The van der Waals surface area contributed by atoms with Gasteiger partial charge in [-0.3, -0.25) is 9.59 Å². The van der Waals surface area contributed by atoms with Gasteiger partial charge >= 0.3 is 0 Å². The number of methoxy groups -OCH3 is 1. The molecule has 0 radical (unpaired) electrons. The van der Waals surface area contributed by atoms with Crippen molar-refractivity contribution in [2.45, 2.75) is 44.7 Å². The fraction of sp³-hybridized carbons (Fsp3) is 0.857. The minimum absolute atomic E-state index is 0.0369. The zero-order chi connectivity index (χ0) is 14.8. The van der Waals surface area contributed by atoms with E-state index in [0.29, 0.717) is 26.1 Å². The second kappa shape index (κ2) is 6.10. The standard InChI is InChI=1S/C14H25N3O3/c1-3-16-12(18)11-7-10(15)8-17(11)13(19)14(9-20-2)5-4-6-14/h10-11H,3-9,15H2,1-2H3,(H,16,18)/t10-,11-/m0/s1. The molecule has 6 heteroatoms. The van der Waals surface area contributed by atoms with E-state index in [-0.39, 0.29) is 17.9 Å². The van der Waals surface area contributed by atoms with Gasteiger partial charge in [-0.15, -0.1) is 0 Å². The van der Waals surface area contributed by atoms with Gasteiger partial charge in [-0.25, -0.2) is 0 Å². The molecule has 0 spiro atoms. The first-order valence-corrected chi connectivity index (χ1v) is 7.37. The van der Waals surface area contributed by atoms with Crippen molar-refractivity contribution in [2.75, 3.05) is 26.8 Å². The van der Waals surface area contributed by atoms with E-state index in [1.807, 2.05) is 6.92 Å². The number of nitrogens with zero attached hydrogens (tertiary/aromatic N) is 1. The monoisotopic (exact) mass is 283 g/mol. The second-order valence-electron chi connectivity index (χ2n) is 5.93. The number of amides is 2. The van der Waals surface area contributed by atoms with Crippen LogP contribution in [0.25, 0.3) is 0 Å². The van der Waals surface area contributed by atoms with Crippen molar-refractivity contribution < 1.29 is 14.3 Å². The molecule has 0 unspecified atom stereocenters. The normalized spacial score (nSPS) is 28.1. The number of nitrogens with two attached hydrogens (primary N) is 1. The first kappa shape index (κ1) is 15.3. The van der Waals surface area contributed by atoms with E-state index in [4.69, 9.17) is 10.5 Å². The van der Waals surface area contributed by atoms with E-state index in [2.05, 4.69) is 5.32 Å². The van der Waals surface area contributed by atoms with Crippen LogP contribution in [0.3, 0.4) is 0 Å². The average molecular weight is 283 g/mol. The van der Waals surface area contributed by atoms with Gasteiger partial charge < -0.3 is 20.7 Å². The van der Waals surface area contributed by atoms with Gasteiger partial charge in [0.1, 0.15) is 6.04 Å². The summed E-state index contributed by atoms with van der Waals surface area (Å²) in [7, 11) is 1.62. The first-order valence-electron chi connectivity index (χ1n) is 7.37. The SMILES string of the molecule is CCNC(=O)[C@@H]1C[C@H](N)CN1C(=O)C1(COC)CCC1. The summed E-state index contributed by atoms with van der Waals surface area (Å²) in [6.07, 6.45) is 3.27. The molecule has 0 aromatic carbocycles. The lowest BCUT2D eigenvalue weighted by atomic mass is 9.68. The quantitative estimate of drug-likeness (QED) is 0.736. The van der Waals surface area contributed by atoms with Crippen molar-refractivity contribution >= 4 is 11.8 Å². The van der Waals surface area contributed by atoms with Crippen molar-refractivity contribution in [1.29, 1.82) is 0 Å². The molecule has 114 valence electrons. The molecule has 2 atom stereocenters. The first-order chi connectivity index (χ1) is 9.54. The summed E-state index contributed by atoms with van der Waals surface area (Å²) < 4.78 is 5.22. The number of nitrogens with one attached hydrogen (secondary N) is 1. The predicted molar refractivity (Wildman–Crippen MR) is 74.9 cm³/mol.